The molecule has 27 heavy (non-hydrogen) atoms. The van der Waals surface area contributed by atoms with Gasteiger partial charge in [-0.2, -0.15) is 11.8 Å². The van der Waals surface area contributed by atoms with Crippen molar-refractivity contribution in [3.63, 3.8) is 0 Å². The van der Waals surface area contributed by atoms with Gasteiger partial charge in [0, 0.05) is 11.3 Å². The summed E-state index contributed by atoms with van der Waals surface area (Å²) in [6, 6.07) is 13.4. The molecule has 0 aliphatic carbocycles. The highest BCUT2D eigenvalue weighted by molar-refractivity contribution is 7.98. The number of hydrogen-bond donors (Lipinski definition) is 2. The Morgan fingerprint density at radius 1 is 1.19 bits per heavy atom. The lowest BCUT2D eigenvalue weighted by Gasteiger charge is -2.14. The molecule has 1 aliphatic heterocycles. The maximum atomic E-state index is 12.8. The number of amidine groups is 1. The summed E-state index contributed by atoms with van der Waals surface area (Å²) in [5.74, 6) is 0.691. The highest BCUT2D eigenvalue weighted by atomic mass is 32.2. The Kier molecular flexibility index (Phi) is 5.86. The van der Waals surface area contributed by atoms with Crippen LogP contribution in [0.2, 0.25) is 0 Å². The molecule has 0 fully saturated rings. The standard InChI is InChI=1S/C19H21N3O3S2/c1-13-7-9-14(10-8-13)20-19(23)16(11-12-26-2)21-18-15-5-3-4-6-17(15)27(24,25)22-18/h3-10,16H,11-12H2,1-2H3,(H,20,23)(H,21,22). The summed E-state index contributed by atoms with van der Waals surface area (Å²) < 4.78 is 27.0. The van der Waals surface area contributed by atoms with Crippen LogP contribution >= 0.6 is 11.8 Å². The number of carbonyl (C=O) groups excluding carboxylic acids is 1. The number of sulfonamides is 1. The zero-order chi connectivity index (χ0) is 19.4. The Labute approximate surface area is 163 Å². The molecule has 1 aliphatic rings. The van der Waals surface area contributed by atoms with E-state index in [2.05, 4.69) is 15.0 Å². The highest BCUT2D eigenvalue weighted by Crippen LogP contribution is 2.23. The van der Waals surface area contributed by atoms with Crippen molar-refractivity contribution in [3.05, 3.63) is 59.7 Å². The second-order valence-corrected chi connectivity index (χ2v) is 8.87. The molecule has 142 valence electrons. The normalized spacial score (nSPS) is 17.2. The summed E-state index contributed by atoms with van der Waals surface area (Å²) in [5.41, 5.74) is 2.28. The summed E-state index contributed by atoms with van der Waals surface area (Å²) in [6.07, 6.45) is 2.46. The minimum Gasteiger partial charge on any atom is -0.324 e. The number of nitrogens with one attached hydrogen (secondary N) is 2. The average Bonchev–Trinajstić information content (AvgIpc) is 2.91. The molecule has 0 radical (unpaired) electrons. The molecule has 2 N–H and O–H groups in total. The number of thioether (sulfide) groups is 1. The van der Waals surface area contributed by atoms with E-state index < -0.39 is 16.1 Å². The third kappa shape index (κ3) is 4.51. The zero-order valence-corrected chi connectivity index (χ0v) is 16.7. The highest BCUT2D eigenvalue weighted by Gasteiger charge is 2.31. The maximum absolute atomic E-state index is 12.8. The monoisotopic (exact) mass is 403 g/mol. The quantitative estimate of drug-likeness (QED) is 0.776. The number of carbonyl (C=O) groups is 1. The largest absolute Gasteiger partial charge is 0.324 e. The molecule has 3 rings (SSSR count). The van der Waals surface area contributed by atoms with Gasteiger partial charge in [-0.3, -0.25) is 14.5 Å². The van der Waals surface area contributed by atoms with E-state index in [4.69, 9.17) is 0 Å². The lowest BCUT2D eigenvalue weighted by molar-refractivity contribution is -0.117. The number of fused-ring (bicyclic) bond motifs is 1. The first-order valence-corrected chi connectivity index (χ1v) is 11.3. The van der Waals surface area contributed by atoms with Crippen molar-refractivity contribution in [2.24, 2.45) is 4.99 Å². The fourth-order valence-corrected chi connectivity index (χ4v) is 4.43. The van der Waals surface area contributed by atoms with Crippen LogP contribution in [0.4, 0.5) is 5.69 Å². The number of benzene rings is 2. The van der Waals surface area contributed by atoms with Gasteiger partial charge in [0.25, 0.3) is 10.0 Å². The molecular formula is C19H21N3O3S2. The minimum atomic E-state index is -3.63. The van der Waals surface area contributed by atoms with E-state index in [0.717, 1.165) is 11.3 Å². The van der Waals surface area contributed by atoms with Crippen molar-refractivity contribution in [1.82, 2.24) is 4.72 Å². The first-order valence-electron chi connectivity index (χ1n) is 8.47. The predicted octanol–water partition coefficient (Wildman–Crippen LogP) is 2.79. The fraction of sp³-hybridized carbons (Fsp3) is 0.263. The molecule has 0 saturated heterocycles. The number of rotatable bonds is 6. The van der Waals surface area contributed by atoms with Gasteiger partial charge in [0.15, 0.2) is 0 Å². The molecular weight excluding hydrogens is 382 g/mol. The molecule has 1 unspecified atom stereocenters. The first-order chi connectivity index (χ1) is 12.9. The minimum absolute atomic E-state index is 0.186. The maximum Gasteiger partial charge on any atom is 0.263 e. The third-order valence-electron chi connectivity index (χ3n) is 4.16. The van der Waals surface area contributed by atoms with Crippen molar-refractivity contribution >= 4 is 39.2 Å². The molecule has 1 atom stereocenters. The number of nitrogens with zero attached hydrogens (tertiary/aromatic N) is 1. The van der Waals surface area contributed by atoms with E-state index in [9.17, 15) is 13.2 Å². The van der Waals surface area contributed by atoms with Gasteiger partial charge in [0.2, 0.25) is 5.91 Å². The molecule has 0 spiro atoms. The van der Waals surface area contributed by atoms with Gasteiger partial charge in [0.1, 0.15) is 11.9 Å². The molecule has 0 aromatic heterocycles. The average molecular weight is 404 g/mol. The van der Waals surface area contributed by atoms with Crippen LogP contribution in [-0.2, 0) is 14.8 Å². The smallest absolute Gasteiger partial charge is 0.263 e. The third-order valence-corrected chi connectivity index (χ3v) is 6.21. The summed E-state index contributed by atoms with van der Waals surface area (Å²) in [5, 5.41) is 2.86. The number of aliphatic imine (C=N–C) groups is 1. The van der Waals surface area contributed by atoms with E-state index in [0.29, 0.717) is 17.7 Å². The van der Waals surface area contributed by atoms with E-state index in [-0.39, 0.29) is 16.6 Å². The zero-order valence-electron chi connectivity index (χ0n) is 15.1. The molecule has 1 amide bonds. The van der Waals surface area contributed by atoms with Crippen LogP contribution in [-0.4, -0.2) is 38.2 Å². The second kappa shape index (κ2) is 8.14. The van der Waals surface area contributed by atoms with Gasteiger partial charge in [-0.05, 0) is 49.6 Å². The van der Waals surface area contributed by atoms with Gasteiger partial charge >= 0.3 is 0 Å². The van der Waals surface area contributed by atoms with E-state index in [1.54, 1.807) is 30.0 Å². The van der Waals surface area contributed by atoms with Crippen LogP contribution in [0.1, 0.15) is 17.5 Å². The second-order valence-electron chi connectivity index (χ2n) is 6.23. The molecule has 0 bridgehead atoms. The summed E-state index contributed by atoms with van der Waals surface area (Å²) >= 11 is 1.61. The van der Waals surface area contributed by atoms with Crippen LogP contribution in [0.25, 0.3) is 0 Å². The van der Waals surface area contributed by atoms with Crippen LogP contribution in [0, 0.1) is 6.92 Å². The van der Waals surface area contributed by atoms with E-state index in [1.807, 2.05) is 37.4 Å². The Morgan fingerprint density at radius 2 is 1.89 bits per heavy atom. The molecule has 2 aromatic carbocycles. The molecule has 6 nitrogen and oxygen atoms in total. The Morgan fingerprint density at radius 3 is 2.59 bits per heavy atom. The Hall–Kier alpha value is -2.32. The van der Waals surface area contributed by atoms with Crippen LogP contribution in [0.5, 0.6) is 0 Å². The SMILES string of the molecule is CSCCC(N=C1NS(=O)(=O)c2ccccc21)C(=O)Nc1ccc(C)cc1. The topological polar surface area (TPSA) is 87.6 Å². The van der Waals surface area contributed by atoms with Crippen LogP contribution in [0.15, 0.2) is 58.4 Å². The Balaban J connectivity index is 1.88. The van der Waals surface area contributed by atoms with Crippen molar-refractivity contribution in [1.29, 1.82) is 0 Å². The lowest BCUT2D eigenvalue weighted by atomic mass is 10.1. The van der Waals surface area contributed by atoms with Gasteiger partial charge in [-0.1, -0.05) is 29.8 Å². The molecule has 8 heteroatoms. The predicted molar refractivity (Wildman–Crippen MR) is 110 cm³/mol. The summed E-state index contributed by atoms with van der Waals surface area (Å²) in [6.45, 7) is 1.97. The Bertz CT molecular complexity index is 970. The van der Waals surface area contributed by atoms with Crippen molar-refractivity contribution in [2.45, 2.75) is 24.3 Å². The van der Waals surface area contributed by atoms with E-state index in [1.165, 1.54) is 6.07 Å². The van der Waals surface area contributed by atoms with Gasteiger partial charge in [0.05, 0.1) is 4.90 Å². The summed E-state index contributed by atoms with van der Waals surface area (Å²) in [7, 11) is -3.63. The first kappa shape index (κ1) is 19.4. The van der Waals surface area contributed by atoms with Crippen molar-refractivity contribution < 1.29 is 13.2 Å². The number of anilines is 1. The van der Waals surface area contributed by atoms with E-state index >= 15 is 0 Å². The molecule has 2 aromatic rings. The van der Waals surface area contributed by atoms with Crippen LogP contribution < -0.4 is 10.0 Å². The van der Waals surface area contributed by atoms with Gasteiger partial charge < -0.3 is 5.32 Å². The van der Waals surface area contributed by atoms with Crippen molar-refractivity contribution in [2.75, 3.05) is 17.3 Å². The molecule has 0 saturated carbocycles. The van der Waals surface area contributed by atoms with Gasteiger partial charge in [-0.15, -0.1) is 0 Å². The number of hydrogen-bond acceptors (Lipinski definition) is 5. The number of aryl methyl sites for hydroxylation is 1. The molecule has 1 heterocycles. The summed E-state index contributed by atoms with van der Waals surface area (Å²) in [4.78, 5) is 17.4. The number of amides is 1. The van der Waals surface area contributed by atoms with Crippen LogP contribution in [0.3, 0.4) is 0 Å². The lowest BCUT2D eigenvalue weighted by Crippen LogP contribution is -2.31. The van der Waals surface area contributed by atoms with Crippen molar-refractivity contribution in [3.8, 4) is 0 Å². The fourth-order valence-electron chi connectivity index (χ4n) is 2.73. The van der Waals surface area contributed by atoms with Gasteiger partial charge in [-0.25, -0.2) is 8.42 Å².